The minimum absolute atomic E-state index is 0.488. The number of rotatable bonds is 7. The van der Waals surface area contributed by atoms with Gasteiger partial charge in [0, 0.05) is 16.4 Å². The molecule has 0 radical (unpaired) electrons. The van der Waals surface area contributed by atoms with Crippen LogP contribution in [-0.2, 0) is 11.3 Å². The molecule has 0 amide bonds. The number of halogens is 1. The van der Waals surface area contributed by atoms with E-state index in [2.05, 4.69) is 15.9 Å². The second kappa shape index (κ2) is 9.03. The number of carbonyl (C=O) groups is 1. The molecule has 0 unspecified atom stereocenters. The van der Waals surface area contributed by atoms with Crippen molar-refractivity contribution in [2.24, 2.45) is 0 Å². The Morgan fingerprint density at radius 1 is 0.906 bits per heavy atom. The van der Waals surface area contributed by atoms with Gasteiger partial charge in [-0.3, -0.25) is 9.69 Å². The van der Waals surface area contributed by atoms with Gasteiger partial charge in [0.15, 0.2) is 23.0 Å². The fourth-order valence-corrected chi connectivity index (χ4v) is 5.24. The number of methoxy groups -OCH3 is 4. The first-order chi connectivity index (χ1) is 15.4. The van der Waals surface area contributed by atoms with Gasteiger partial charge in [0.1, 0.15) is 6.04 Å². The third-order valence-electron chi connectivity index (χ3n) is 6.17. The van der Waals surface area contributed by atoms with Crippen molar-refractivity contribution < 1.29 is 28.8 Å². The van der Waals surface area contributed by atoms with Gasteiger partial charge in [-0.1, -0.05) is 0 Å². The molecular formula is C24H26BrNO6. The Morgan fingerprint density at radius 2 is 1.38 bits per heavy atom. The van der Waals surface area contributed by atoms with E-state index in [1.807, 2.05) is 29.2 Å². The van der Waals surface area contributed by atoms with Crippen molar-refractivity contribution in [2.45, 2.75) is 25.4 Å². The van der Waals surface area contributed by atoms with Gasteiger partial charge < -0.3 is 24.1 Å². The van der Waals surface area contributed by atoms with E-state index in [4.69, 9.17) is 18.9 Å². The fourth-order valence-electron chi connectivity index (χ4n) is 4.57. The highest BCUT2D eigenvalue weighted by molar-refractivity contribution is 9.10. The molecule has 1 N–H and O–H groups in total. The summed E-state index contributed by atoms with van der Waals surface area (Å²) in [5, 5.41) is 13.5. The molecule has 0 spiro atoms. The molecule has 1 aliphatic rings. The van der Waals surface area contributed by atoms with Gasteiger partial charge in [0.2, 0.25) is 0 Å². The number of aliphatic carboxylic acids is 1. The van der Waals surface area contributed by atoms with E-state index in [0.717, 1.165) is 44.5 Å². The Bertz CT molecular complexity index is 1190. The molecular weight excluding hydrogens is 478 g/mol. The van der Waals surface area contributed by atoms with Gasteiger partial charge in [0.05, 0.1) is 28.4 Å². The van der Waals surface area contributed by atoms with Crippen molar-refractivity contribution in [3.05, 3.63) is 34.3 Å². The van der Waals surface area contributed by atoms with E-state index in [0.29, 0.717) is 36.0 Å². The van der Waals surface area contributed by atoms with Crippen LogP contribution in [0.1, 0.15) is 18.4 Å². The van der Waals surface area contributed by atoms with E-state index in [1.165, 1.54) is 0 Å². The SMILES string of the molecule is COc1cc2c(Br)c(CN3CCC[C@H]3C(=O)O)c3cc(OC)c(OC)cc3c2cc1OC. The van der Waals surface area contributed by atoms with E-state index >= 15 is 0 Å². The lowest BCUT2D eigenvalue weighted by Gasteiger charge is -2.24. The number of benzene rings is 3. The largest absolute Gasteiger partial charge is 0.493 e. The van der Waals surface area contributed by atoms with E-state index in [1.54, 1.807) is 28.4 Å². The Kier molecular flexibility index (Phi) is 6.35. The van der Waals surface area contributed by atoms with E-state index in [-0.39, 0.29) is 0 Å². The minimum atomic E-state index is -0.783. The standard InChI is InChI=1S/C24H26BrNO6/c1-29-19-8-13-14-9-20(30-2)22(32-4)11-16(14)23(25)17(15(13)10-21(19)31-3)12-26-7-5-6-18(26)24(27)28/h8-11,18H,5-7,12H2,1-4H3,(H,27,28)/t18-/m0/s1. The van der Waals surface area contributed by atoms with Gasteiger partial charge in [-0.2, -0.15) is 0 Å². The average Bonchev–Trinajstić information content (AvgIpc) is 3.28. The highest BCUT2D eigenvalue weighted by atomic mass is 79.9. The number of likely N-dealkylation sites (tertiary alicyclic amines) is 1. The van der Waals surface area contributed by atoms with Crippen LogP contribution >= 0.6 is 15.9 Å². The van der Waals surface area contributed by atoms with Crippen LogP contribution < -0.4 is 18.9 Å². The predicted molar refractivity (Wildman–Crippen MR) is 126 cm³/mol. The van der Waals surface area contributed by atoms with Crippen LogP contribution in [0.3, 0.4) is 0 Å². The third kappa shape index (κ3) is 3.71. The summed E-state index contributed by atoms with van der Waals surface area (Å²) in [6.07, 6.45) is 1.52. The summed E-state index contributed by atoms with van der Waals surface area (Å²) >= 11 is 3.82. The molecule has 170 valence electrons. The van der Waals surface area contributed by atoms with Crippen molar-refractivity contribution in [1.29, 1.82) is 0 Å². The van der Waals surface area contributed by atoms with Crippen LogP contribution in [0.25, 0.3) is 21.5 Å². The van der Waals surface area contributed by atoms with Crippen LogP contribution in [0.5, 0.6) is 23.0 Å². The molecule has 0 saturated carbocycles. The van der Waals surface area contributed by atoms with Crippen LogP contribution in [0.15, 0.2) is 28.7 Å². The summed E-state index contributed by atoms with van der Waals surface area (Å²) in [5.74, 6) is 1.70. The van der Waals surface area contributed by atoms with Crippen LogP contribution in [0.2, 0.25) is 0 Å². The zero-order valence-electron chi connectivity index (χ0n) is 18.5. The third-order valence-corrected chi connectivity index (χ3v) is 7.08. The average molecular weight is 504 g/mol. The summed E-state index contributed by atoms with van der Waals surface area (Å²) in [6, 6.07) is 7.31. The lowest BCUT2D eigenvalue weighted by molar-refractivity contribution is -0.142. The lowest BCUT2D eigenvalue weighted by atomic mass is 9.95. The highest BCUT2D eigenvalue weighted by Gasteiger charge is 2.31. The maximum atomic E-state index is 11.8. The minimum Gasteiger partial charge on any atom is -0.493 e. The summed E-state index contributed by atoms with van der Waals surface area (Å²) in [7, 11) is 6.43. The normalized spacial score (nSPS) is 16.5. The highest BCUT2D eigenvalue weighted by Crippen LogP contribution is 2.45. The van der Waals surface area contributed by atoms with Gasteiger partial charge in [-0.25, -0.2) is 0 Å². The van der Waals surface area contributed by atoms with Crippen molar-refractivity contribution in [2.75, 3.05) is 35.0 Å². The van der Waals surface area contributed by atoms with Crippen molar-refractivity contribution in [3.63, 3.8) is 0 Å². The van der Waals surface area contributed by atoms with Crippen LogP contribution in [0, 0.1) is 0 Å². The zero-order valence-corrected chi connectivity index (χ0v) is 20.1. The molecule has 1 heterocycles. The summed E-state index contributed by atoms with van der Waals surface area (Å²) in [4.78, 5) is 13.8. The Morgan fingerprint density at radius 3 is 1.88 bits per heavy atom. The number of nitrogens with zero attached hydrogens (tertiary/aromatic N) is 1. The van der Waals surface area contributed by atoms with Crippen LogP contribution in [0.4, 0.5) is 0 Å². The lowest BCUT2D eigenvalue weighted by Crippen LogP contribution is -2.35. The van der Waals surface area contributed by atoms with Crippen molar-refractivity contribution >= 4 is 43.4 Å². The molecule has 1 atom stereocenters. The molecule has 1 fully saturated rings. The Balaban J connectivity index is 2.04. The molecule has 0 bridgehead atoms. The second-order valence-electron chi connectivity index (χ2n) is 7.76. The molecule has 3 aromatic carbocycles. The molecule has 4 rings (SSSR count). The first-order valence-electron chi connectivity index (χ1n) is 10.3. The van der Waals surface area contributed by atoms with Crippen LogP contribution in [-0.4, -0.2) is 57.0 Å². The number of hydrogen-bond donors (Lipinski definition) is 1. The second-order valence-corrected chi connectivity index (χ2v) is 8.56. The van der Waals surface area contributed by atoms with Gasteiger partial charge >= 0.3 is 5.97 Å². The summed E-state index contributed by atoms with van der Waals surface area (Å²) in [5.41, 5.74) is 0.994. The number of ether oxygens (including phenoxy) is 4. The molecule has 3 aromatic rings. The predicted octanol–water partition coefficient (Wildman–Crippen LogP) is 4.84. The molecule has 1 saturated heterocycles. The Labute approximate surface area is 194 Å². The van der Waals surface area contributed by atoms with Gasteiger partial charge in [-0.05, 0) is 81.3 Å². The molecule has 8 heteroatoms. The van der Waals surface area contributed by atoms with Crippen molar-refractivity contribution in [3.8, 4) is 23.0 Å². The molecule has 1 aliphatic heterocycles. The van der Waals surface area contributed by atoms with Gasteiger partial charge in [-0.15, -0.1) is 0 Å². The fraction of sp³-hybridized carbons (Fsp3) is 0.375. The first-order valence-corrected chi connectivity index (χ1v) is 11.1. The monoisotopic (exact) mass is 503 g/mol. The number of carboxylic acids is 1. The van der Waals surface area contributed by atoms with E-state index < -0.39 is 12.0 Å². The maximum Gasteiger partial charge on any atom is 0.320 e. The maximum absolute atomic E-state index is 11.8. The molecule has 7 nitrogen and oxygen atoms in total. The molecule has 32 heavy (non-hydrogen) atoms. The number of hydrogen-bond acceptors (Lipinski definition) is 6. The smallest absolute Gasteiger partial charge is 0.320 e. The summed E-state index contributed by atoms with van der Waals surface area (Å²) < 4.78 is 23.1. The van der Waals surface area contributed by atoms with Gasteiger partial charge in [0.25, 0.3) is 0 Å². The first kappa shape index (κ1) is 22.5. The number of carboxylic acid groups (broad SMARTS) is 1. The molecule has 0 aromatic heterocycles. The zero-order chi connectivity index (χ0) is 23.0. The number of fused-ring (bicyclic) bond motifs is 3. The van der Waals surface area contributed by atoms with Crippen molar-refractivity contribution in [1.82, 2.24) is 4.90 Å². The molecule has 0 aliphatic carbocycles. The quantitative estimate of drug-likeness (QED) is 0.462. The Hall–Kier alpha value is -2.71. The topological polar surface area (TPSA) is 77.5 Å². The summed E-state index contributed by atoms with van der Waals surface area (Å²) in [6.45, 7) is 1.23. The van der Waals surface area contributed by atoms with E-state index in [9.17, 15) is 9.90 Å².